The molecule has 0 unspecified atom stereocenters. The molecule has 1 N–H and O–H groups in total. The van der Waals surface area contributed by atoms with Gasteiger partial charge in [-0.3, -0.25) is 14.6 Å². The number of ether oxygens (including phenoxy) is 1. The second kappa shape index (κ2) is 10.2. The highest BCUT2D eigenvalue weighted by molar-refractivity contribution is 5.92. The zero-order valence-electron chi connectivity index (χ0n) is 18.8. The Balaban J connectivity index is 1.22. The normalized spacial score (nSPS) is 17.7. The van der Waals surface area contributed by atoms with Crippen LogP contribution in [-0.2, 0) is 11.3 Å². The van der Waals surface area contributed by atoms with E-state index < -0.39 is 0 Å². The third-order valence-corrected chi connectivity index (χ3v) is 6.28. The summed E-state index contributed by atoms with van der Waals surface area (Å²) in [7, 11) is 1.73. The molecule has 0 aromatic heterocycles. The zero-order valence-corrected chi connectivity index (χ0v) is 18.8. The first kappa shape index (κ1) is 21.7. The fourth-order valence-electron chi connectivity index (χ4n) is 4.51. The van der Waals surface area contributed by atoms with Crippen LogP contribution in [0.15, 0.2) is 42.5 Å². The van der Waals surface area contributed by atoms with E-state index >= 15 is 0 Å². The zero-order chi connectivity index (χ0) is 21.6. The van der Waals surface area contributed by atoms with Gasteiger partial charge in [-0.2, -0.15) is 0 Å². The van der Waals surface area contributed by atoms with Gasteiger partial charge < -0.3 is 15.0 Å². The van der Waals surface area contributed by atoms with Crippen LogP contribution in [0.3, 0.4) is 0 Å². The van der Waals surface area contributed by atoms with Gasteiger partial charge in [0.2, 0.25) is 5.91 Å². The highest BCUT2D eigenvalue weighted by Gasteiger charge is 2.20. The Morgan fingerprint density at radius 1 is 0.935 bits per heavy atom. The van der Waals surface area contributed by atoms with E-state index in [1.165, 1.54) is 29.7 Å². The molecule has 0 saturated carbocycles. The lowest BCUT2D eigenvalue weighted by atomic mass is 10.1. The smallest absolute Gasteiger partial charge is 0.238 e. The topological polar surface area (TPSA) is 48.1 Å². The van der Waals surface area contributed by atoms with Gasteiger partial charge in [-0.15, -0.1) is 0 Å². The number of carbonyl (C=O) groups excluding carboxylic acids is 1. The van der Waals surface area contributed by atoms with Crippen molar-refractivity contribution >= 4 is 17.3 Å². The molecule has 0 radical (unpaired) electrons. The molecule has 2 fully saturated rings. The molecule has 2 aromatic rings. The highest BCUT2D eigenvalue weighted by Crippen LogP contribution is 2.23. The number of rotatable bonds is 7. The Morgan fingerprint density at radius 3 is 2.29 bits per heavy atom. The number of nitrogens with zero attached hydrogens (tertiary/aromatic N) is 3. The quantitative estimate of drug-likeness (QED) is 0.742. The summed E-state index contributed by atoms with van der Waals surface area (Å²) >= 11 is 0. The number of carbonyl (C=O) groups is 1. The monoisotopic (exact) mass is 422 g/mol. The molecule has 0 spiro atoms. The maximum atomic E-state index is 12.5. The van der Waals surface area contributed by atoms with E-state index in [9.17, 15) is 4.79 Å². The van der Waals surface area contributed by atoms with Gasteiger partial charge in [0.25, 0.3) is 0 Å². The van der Waals surface area contributed by atoms with Crippen molar-refractivity contribution in [3.8, 4) is 5.75 Å². The minimum atomic E-state index is 0.0581. The van der Waals surface area contributed by atoms with Crippen LogP contribution < -0.4 is 15.0 Å². The third-order valence-electron chi connectivity index (χ3n) is 6.28. The van der Waals surface area contributed by atoms with E-state index in [0.29, 0.717) is 6.54 Å². The number of methoxy groups -OCH3 is 1. The number of anilines is 2. The molecule has 31 heavy (non-hydrogen) atoms. The van der Waals surface area contributed by atoms with Crippen LogP contribution in [0.4, 0.5) is 11.4 Å². The van der Waals surface area contributed by atoms with Gasteiger partial charge >= 0.3 is 0 Å². The molecule has 0 bridgehead atoms. The van der Waals surface area contributed by atoms with Crippen molar-refractivity contribution in [1.29, 1.82) is 0 Å². The van der Waals surface area contributed by atoms with Gasteiger partial charge in [-0.25, -0.2) is 0 Å². The Bertz CT molecular complexity index is 870. The maximum absolute atomic E-state index is 12.5. The number of piperazine rings is 1. The lowest BCUT2D eigenvalue weighted by molar-refractivity contribution is -0.117. The predicted molar refractivity (Wildman–Crippen MR) is 126 cm³/mol. The summed E-state index contributed by atoms with van der Waals surface area (Å²) in [6.45, 7) is 9.40. The van der Waals surface area contributed by atoms with Gasteiger partial charge in [-0.05, 0) is 50.1 Å². The van der Waals surface area contributed by atoms with Crippen molar-refractivity contribution in [2.75, 3.05) is 63.1 Å². The third kappa shape index (κ3) is 5.77. The van der Waals surface area contributed by atoms with E-state index in [4.69, 9.17) is 4.74 Å². The van der Waals surface area contributed by atoms with Crippen LogP contribution in [0.5, 0.6) is 5.75 Å². The fraction of sp³-hybridized carbons (Fsp3) is 0.480. The molecule has 166 valence electrons. The van der Waals surface area contributed by atoms with Crippen LogP contribution in [0, 0.1) is 6.92 Å². The van der Waals surface area contributed by atoms with Crippen molar-refractivity contribution in [1.82, 2.24) is 9.80 Å². The molecular weight excluding hydrogens is 388 g/mol. The molecule has 0 aliphatic carbocycles. The first-order valence-electron chi connectivity index (χ1n) is 11.3. The van der Waals surface area contributed by atoms with Crippen LogP contribution in [0.25, 0.3) is 0 Å². The predicted octanol–water partition coefficient (Wildman–Crippen LogP) is 3.36. The molecule has 6 nitrogen and oxygen atoms in total. The molecule has 2 aliphatic heterocycles. The van der Waals surface area contributed by atoms with Gasteiger partial charge in [0.05, 0.1) is 13.7 Å². The number of nitrogens with one attached hydrogen (secondary N) is 1. The van der Waals surface area contributed by atoms with Gasteiger partial charge in [-0.1, -0.05) is 17.7 Å². The average Bonchev–Trinajstić information content (AvgIpc) is 3.31. The van der Waals surface area contributed by atoms with E-state index in [0.717, 1.165) is 57.3 Å². The Labute approximate surface area is 185 Å². The molecule has 6 heteroatoms. The van der Waals surface area contributed by atoms with Crippen molar-refractivity contribution < 1.29 is 9.53 Å². The summed E-state index contributed by atoms with van der Waals surface area (Å²) in [6.07, 6.45) is 2.54. The Morgan fingerprint density at radius 2 is 1.61 bits per heavy atom. The minimum Gasteiger partial charge on any atom is -0.496 e. The van der Waals surface area contributed by atoms with Gasteiger partial charge in [0, 0.05) is 62.8 Å². The van der Waals surface area contributed by atoms with Crippen LogP contribution >= 0.6 is 0 Å². The van der Waals surface area contributed by atoms with Crippen LogP contribution in [0.1, 0.15) is 24.0 Å². The van der Waals surface area contributed by atoms with E-state index in [2.05, 4.69) is 51.2 Å². The molecule has 2 heterocycles. The van der Waals surface area contributed by atoms with Crippen LogP contribution in [-0.4, -0.2) is 68.6 Å². The summed E-state index contributed by atoms with van der Waals surface area (Å²) in [5.74, 6) is 1.01. The van der Waals surface area contributed by atoms with Crippen molar-refractivity contribution in [3.63, 3.8) is 0 Å². The molecule has 0 atom stereocenters. The first-order valence-corrected chi connectivity index (χ1v) is 11.3. The first-order chi connectivity index (χ1) is 15.1. The lowest BCUT2D eigenvalue weighted by Gasteiger charge is -2.34. The molecule has 2 aliphatic rings. The number of aryl methyl sites for hydroxylation is 1. The molecule has 2 saturated heterocycles. The highest BCUT2D eigenvalue weighted by atomic mass is 16.5. The summed E-state index contributed by atoms with van der Waals surface area (Å²) < 4.78 is 5.52. The summed E-state index contributed by atoms with van der Waals surface area (Å²) in [5.41, 5.74) is 4.60. The molecule has 4 rings (SSSR count). The van der Waals surface area contributed by atoms with E-state index in [1.54, 1.807) is 7.11 Å². The fourth-order valence-corrected chi connectivity index (χ4v) is 4.51. The average molecular weight is 423 g/mol. The van der Waals surface area contributed by atoms with Crippen LogP contribution in [0.2, 0.25) is 0 Å². The SMILES string of the molecule is COc1ccc(C)cc1CN1CCN(CC(=O)Nc2ccc(N3CCCC3)cc2)CC1. The Hall–Kier alpha value is -2.57. The molecule has 2 aromatic carbocycles. The van der Waals surface area contributed by atoms with Gasteiger partial charge in [0.15, 0.2) is 0 Å². The van der Waals surface area contributed by atoms with Crippen molar-refractivity contribution in [2.24, 2.45) is 0 Å². The summed E-state index contributed by atoms with van der Waals surface area (Å²) in [4.78, 5) is 19.6. The number of amides is 1. The minimum absolute atomic E-state index is 0.0581. The molecular formula is C25H34N4O2. The standard InChI is InChI=1S/C25H34N4O2/c1-20-5-10-24(31-2)21(17-20)18-27-13-15-28(16-14-27)19-25(30)26-22-6-8-23(9-7-22)29-11-3-4-12-29/h5-10,17H,3-4,11-16,18-19H2,1-2H3,(H,26,30). The van der Waals surface area contributed by atoms with Crippen molar-refractivity contribution in [2.45, 2.75) is 26.3 Å². The maximum Gasteiger partial charge on any atom is 0.238 e. The second-order valence-electron chi connectivity index (χ2n) is 8.66. The summed E-state index contributed by atoms with van der Waals surface area (Å²) in [5, 5.41) is 3.05. The second-order valence-corrected chi connectivity index (χ2v) is 8.66. The number of hydrogen-bond donors (Lipinski definition) is 1. The largest absolute Gasteiger partial charge is 0.496 e. The van der Waals surface area contributed by atoms with Gasteiger partial charge in [0.1, 0.15) is 5.75 Å². The van der Waals surface area contributed by atoms with E-state index in [1.807, 2.05) is 18.2 Å². The number of benzene rings is 2. The van der Waals surface area contributed by atoms with E-state index in [-0.39, 0.29) is 5.91 Å². The summed E-state index contributed by atoms with van der Waals surface area (Å²) in [6, 6.07) is 14.6. The molecule has 1 amide bonds. The number of hydrogen-bond acceptors (Lipinski definition) is 5. The lowest BCUT2D eigenvalue weighted by Crippen LogP contribution is -2.48. The Kier molecular flexibility index (Phi) is 7.10. The van der Waals surface area contributed by atoms with Crippen molar-refractivity contribution in [3.05, 3.63) is 53.6 Å².